The van der Waals surface area contributed by atoms with E-state index in [0.717, 1.165) is 18.7 Å². The minimum absolute atomic E-state index is 0.0619. The molecule has 0 radical (unpaired) electrons. The molecule has 7 heteroatoms. The summed E-state index contributed by atoms with van der Waals surface area (Å²) in [6.07, 6.45) is 4.10. The van der Waals surface area contributed by atoms with Crippen molar-refractivity contribution in [3.63, 3.8) is 0 Å². The van der Waals surface area contributed by atoms with Crippen molar-refractivity contribution in [2.75, 3.05) is 37.7 Å². The molecule has 2 saturated heterocycles. The zero-order valence-corrected chi connectivity index (χ0v) is 15.3. The van der Waals surface area contributed by atoms with Crippen LogP contribution in [-0.2, 0) is 0 Å². The Hall–Kier alpha value is -1.60. The summed E-state index contributed by atoms with van der Waals surface area (Å²) in [5.41, 5.74) is 1.42. The maximum Gasteiger partial charge on any atom is 0.277 e. The molecule has 2 aliphatic heterocycles. The van der Waals surface area contributed by atoms with E-state index in [0.29, 0.717) is 24.8 Å². The number of hydrogen-bond donors (Lipinski definition) is 0. The van der Waals surface area contributed by atoms with Gasteiger partial charge in [0.2, 0.25) is 5.95 Å². The van der Waals surface area contributed by atoms with Gasteiger partial charge in [-0.1, -0.05) is 0 Å². The fourth-order valence-corrected chi connectivity index (χ4v) is 4.82. The summed E-state index contributed by atoms with van der Waals surface area (Å²) < 4.78 is 15.9. The van der Waals surface area contributed by atoms with Gasteiger partial charge in [-0.3, -0.25) is 14.1 Å². The Morgan fingerprint density at radius 1 is 1.24 bits per heavy atom. The lowest BCUT2D eigenvalue weighted by molar-refractivity contribution is 0.0550. The van der Waals surface area contributed by atoms with Crippen LogP contribution in [0.3, 0.4) is 0 Å². The van der Waals surface area contributed by atoms with E-state index in [1.807, 2.05) is 24.8 Å². The average molecular weight is 362 g/mol. The maximum atomic E-state index is 14.6. The number of pyridine rings is 1. The molecule has 5 nitrogen and oxygen atoms in total. The SMILES string of the molecule is Cc1ccn2c(F)c(C(=O)N3CCN(C4CCSCC4)CC3)nc2c1. The lowest BCUT2D eigenvalue weighted by Gasteiger charge is -2.40. The highest BCUT2D eigenvalue weighted by Crippen LogP contribution is 2.23. The smallest absolute Gasteiger partial charge is 0.277 e. The highest BCUT2D eigenvalue weighted by atomic mass is 32.2. The first-order chi connectivity index (χ1) is 12.1. The molecule has 4 heterocycles. The molecular weight excluding hydrogens is 339 g/mol. The van der Waals surface area contributed by atoms with Crippen molar-refractivity contribution in [3.8, 4) is 0 Å². The molecule has 0 atom stereocenters. The Morgan fingerprint density at radius 3 is 2.68 bits per heavy atom. The summed E-state index contributed by atoms with van der Waals surface area (Å²) in [6.45, 7) is 4.96. The molecule has 2 aromatic rings. The zero-order valence-electron chi connectivity index (χ0n) is 14.4. The molecule has 134 valence electrons. The van der Waals surface area contributed by atoms with Crippen LogP contribution < -0.4 is 0 Å². The molecule has 25 heavy (non-hydrogen) atoms. The van der Waals surface area contributed by atoms with Crippen LogP contribution in [-0.4, -0.2) is 68.8 Å². The number of piperazine rings is 1. The van der Waals surface area contributed by atoms with E-state index in [9.17, 15) is 9.18 Å². The highest BCUT2D eigenvalue weighted by molar-refractivity contribution is 7.99. The second-order valence-corrected chi connectivity index (χ2v) is 8.08. The summed E-state index contributed by atoms with van der Waals surface area (Å²) in [5, 5.41) is 0. The van der Waals surface area contributed by atoms with Crippen LogP contribution in [0.2, 0.25) is 0 Å². The first-order valence-corrected chi connectivity index (χ1v) is 10.0. The molecule has 0 aromatic carbocycles. The number of imidazole rings is 1. The minimum Gasteiger partial charge on any atom is -0.335 e. The van der Waals surface area contributed by atoms with Crippen LogP contribution in [0.1, 0.15) is 28.9 Å². The molecule has 2 aliphatic rings. The third kappa shape index (κ3) is 3.27. The number of carbonyl (C=O) groups excluding carboxylic acids is 1. The van der Waals surface area contributed by atoms with E-state index in [-0.39, 0.29) is 11.6 Å². The summed E-state index contributed by atoms with van der Waals surface area (Å²) in [4.78, 5) is 21.2. The van der Waals surface area contributed by atoms with Gasteiger partial charge in [0, 0.05) is 38.4 Å². The molecule has 0 saturated carbocycles. The fourth-order valence-electron chi connectivity index (χ4n) is 3.74. The predicted octanol–water partition coefficient (Wildman–Crippen LogP) is 2.44. The summed E-state index contributed by atoms with van der Waals surface area (Å²) in [5.74, 6) is 1.61. The number of fused-ring (bicyclic) bond motifs is 1. The monoisotopic (exact) mass is 362 g/mol. The molecule has 0 unspecified atom stereocenters. The van der Waals surface area contributed by atoms with Crippen molar-refractivity contribution >= 4 is 23.3 Å². The van der Waals surface area contributed by atoms with Gasteiger partial charge in [0.15, 0.2) is 5.69 Å². The number of nitrogens with zero attached hydrogens (tertiary/aromatic N) is 4. The van der Waals surface area contributed by atoms with Crippen molar-refractivity contribution in [2.24, 2.45) is 0 Å². The largest absolute Gasteiger partial charge is 0.335 e. The third-order valence-corrected chi connectivity index (χ3v) is 6.28. The zero-order chi connectivity index (χ0) is 17.4. The number of carbonyl (C=O) groups is 1. The van der Waals surface area contributed by atoms with Crippen LogP contribution >= 0.6 is 11.8 Å². The van der Waals surface area contributed by atoms with Gasteiger partial charge >= 0.3 is 0 Å². The summed E-state index contributed by atoms with van der Waals surface area (Å²) in [6, 6.07) is 4.25. The number of amides is 1. The van der Waals surface area contributed by atoms with E-state index in [1.54, 1.807) is 17.2 Å². The van der Waals surface area contributed by atoms with Crippen LogP contribution in [0.5, 0.6) is 0 Å². The lowest BCUT2D eigenvalue weighted by atomic mass is 10.1. The first kappa shape index (κ1) is 16.8. The van der Waals surface area contributed by atoms with Gasteiger partial charge in [-0.2, -0.15) is 16.2 Å². The molecule has 0 bridgehead atoms. The molecule has 0 aliphatic carbocycles. The van der Waals surface area contributed by atoms with Crippen LogP contribution in [0.4, 0.5) is 4.39 Å². The average Bonchev–Trinajstić information content (AvgIpc) is 2.98. The van der Waals surface area contributed by atoms with E-state index in [4.69, 9.17) is 0 Å². The molecule has 0 spiro atoms. The topological polar surface area (TPSA) is 40.9 Å². The van der Waals surface area contributed by atoms with Gasteiger partial charge in [0.05, 0.1) is 0 Å². The standard InChI is InChI=1S/C18H23FN4OS/c1-13-2-5-23-15(12-13)20-16(17(23)19)18(24)22-8-6-21(7-9-22)14-3-10-25-11-4-14/h2,5,12,14H,3-4,6-11H2,1H3. The van der Waals surface area contributed by atoms with Crippen molar-refractivity contribution < 1.29 is 9.18 Å². The van der Waals surface area contributed by atoms with E-state index < -0.39 is 5.95 Å². The van der Waals surface area contributed by atoms with E-state index >= 15 is 0 Å². The number of aryl methyl sites for hydroxylation is 1. The van der Waals surface area contributed by atoms with Crippen molar-refractivity contribution in [3.05, 3.63) is 35.5 Å². The lowest BCUT2D eigenvalue weighted by Crippen LogP contribution is -2.52. The second-order valence-electron chi connectivity index (χ2n) is 6.86. The Bertz CT molecular complexity index is 779. The van der Waals surface area contributed by atoms with Crippen LogP contribution in [0.25, 0.3) is 5.65 Å². The Morgan fingerprint density at radius 2 is 1.96 bits per heavy atom. The van der Waals surface area contributed by atoms with E-state index in [1.165, 1.54) is 28.7 Å². The van der Waals surface area contributed by atoms with Crippen molar-refractivity contribution in [1.82, 2.24) is 19.2 Å². The van der Waals surface area contributed by atoms with Gasteiger partial charge in [0.25, 0.3) is 5.91 Å². The highest BCUT2D eigenvalue weighted by Gasteiger charge is 2.30. The normalized spacial score (nSPS) is 20.3. The minimum atomic E-state index is -0.563. The van der Waals surface area contributed by atoms with Gasteiger partial charge in [-0.25, -0.2) is 4.98 Å². The molecule has 1 amide bonds. The van der Waals surface area contributed by atoms with Crippen LogP contribution in [0.15, 0.2) is 18.3 Å². The van der Waals surface area contributed by atoms with Crippen molar-refractivity contribution in [2.45, 2.75) is 25.8 Å². The predicted molar refractivity (Wildman–Crippen MR) is 97.7 cm³/mol. The number of thioether (sulfide) groups is 1. The summed E-state index contributed by atoms with van der Waals surface area (Å²) >= 11 is 2.03. The van der Waals surface area contributed by atoms with Gasteiger partial charge in [0.1, 0.15) is 5.65 Å². The Kier molecular flexibility index (Phi) is 4.69. The number of hydrogen-bond acceptors (Lipinski definition) is 4. The molecule has 2 fully saturated rings. The first-order valence-electron chi connectivity index (χ1n) is 8.89. The van der Waals surface area contributed by atoms with Crippen LogP contribution in [0, 0.1) is 12.9 Å². The quantitative estimate of drug-likeness (QED) is 0.823. The van der Waals surface area contributed by atoms with E-state index in [2.05, 4.69) is 9.88 Å². The third-order valence-electron chi connectivity index (χ3n) is 5.23. The fraction of sp³-hybridized carbons (Fsp3) is 0.556. The number of rotatable bonds is 2. The molecular formula is C18H23FN4OS. The second kappa shape index (κ2) is 6.96. The number of aromatic nitrogens is 2. The van der Waals surface area contributed by atoms with Gasteiger partial charge in [-0.05, 0) is 49.0 Å². The Balaban J connectivity index is 1.46. The molecule has 4 rings (SSSR count). The Labute approximate surface area is 151 Å². The van der Waals surface area contributed by atoms with Gasteiger partial charge < -0.3 is 4.90 Å². The summed E-state index contributed by atoms with van der Waals surface area (Å²) in [7, 11) is 0. The maximum absolute atomic E-state index is 14.6. The molecule has 2 aromatic heterocycles. The molecule has 0 N–H and O–H groups in total. The van der Waals surface area contributed by atoms with Gasteiger partial charge in [-0.15, -0.1) is 0 Å². The van der Waals surface area contributed by atoms with Crippen molar-refractivity contribution in [1.29, 1.82) is 0 Å². The number of halogens is 1.